The number of hydrogen-bond acceptors (Lipinski definition) is 4. The lowest BCUT2D eigenvalue weighted by Gasteiger charge is -2.27. The third-order valence-corrected chi connectivity index (χ3v) is 3.92. The van der Waals surface area contributed by atoms with Gasteiger partial charge in [0, 0.05) is 10.5 Å². The first-order valence-electron chi connectivity index (χ1n) is 6.45. The summed E-state index contributed by atoms with van der Waals surface area (Å²) in [5, 5.41) is 0. The summed E-state index contributed by atoms with van der Waals surface area (Å²) < 4.78 is 10.8. The van der Waals surface area contributed by atoms with E-state index < -0.39 is 0 Å². The summed E-state index contributed by atoms with van der Waals surface area (Å²) in [6.45, 7) is 4.03. The fraction of sp³-hybridized carbons (Fsp3) is 0.533. The summed E-state index contributed by atoms with van der Waals surface area (Å²) in [6, 6.07) is 5.56. The van der Waals surface area contributed by atoms with E-state index in [1.807, 2.05) is 32.0 Å². The van der Waals surface area contributed by atoms with Crippen molar-refractivity contribution in [3.8, 4) is 5.75 Å². The number of benzene rings is 1. The van der Waals surface area contributed by atoms with Crippen molar-refractivity contribution in [2.75, 3.05) is 14.2 Å². The second kappa shape index (κ2) is 7.09. The summed E-state index contributed by atoms with van der Waals surface area (Å²) in [4.78, 5) is 11.4. The van der Waals surface area contributed by atoms with Crippen LogP contribution in [-0.4, -0.2) is 20.2 Å². The van der Waals surface area contributed by atoms with E-state index in [1.54, 1.807) is 7.11 Å². The van der Waals surface area contributed by atoms with Gasteiger partial charge in [-0.3, -0.25) is 4.79 Å². The highest BCUT2D eigenvalue weighted by atomic mass is 79.9. The number of nitrogens with two attached hydrogens (primary N) is 1. The summed E-state index contributed by atoms with van der Waals surface area (Å²) in [6.07, 6.45) is 1.04. The highest BCUT2D eigenvalue weighted by Gasteiger charge is 2.26. The molecule has 1 aromatic rings. The zero-order valence-electron chi connectivity index (χ0n) is 12.4. The lowest BCUT2D eigenvalue weighted by atomic mass is 9.81. The molecule has 2 N–H and O–H groups in total. The number of esters is 1. The third kappa shape index (κ3) is 4.80. The average Bonchev–Trinajstić information content (AvgIpc) is 2.36. The lowest BCUT2D eigenvalue weighted by molar-refractivity contribution is -0.143. The molecule has 1 atom stereocenters. The molecule has 0 aliphatic carbocycles. The Morgan fingerprint density at radius 2 is 2.05 bits per heavy atom. The van der Waals surface area contributed by atoms with Crippen LogP contribution in [0.15, 0.2) is 22.7 Å². The summed E-state index contributed by atoms with van der Waals surface area (Å²) in [5.74, 6) is 0.567. The van der Waals surface area contributed by atoms with Crippen molar-refractivity contribution in [3.05, 3.63) is 28.2 Å². The van der Waals surface area contributed by atoms with Crippen molar-refractivity contribution >= 4 is 21.9 Å². The lowest BCUT2D eigenvalue weighted by Crippen LogP contribution is -2.24. The number of methoxy groups -OCH3 is 2. The minimum atomic E-state index is -0.216. The highest BCUT2D eigenvalue weighted by Crippen LogP contribution is 2.35. The Morgan fingerprint density at radius 3 is 2.55 bits per heavy atom. The number of rotatable bonds is 6. The van der Waals surface area contributed by atoms with Gasteiger partial charge >= 0.3 is 5.97 Å². The second-order valence-electron chi connectivity index (χ2n) is 5.62. The first kappa shape index (κ1) is 17.0. The first-order valence-corrected chi connectivity index (χ1v) is 7.24. The molecule has 20 heavy (non-hydrogen) atoms. The predicted octanol–water partition coefficient (Wildman–Crippen LogP) is 3.44. The standard InChI is InChI=1S/C15H22BrNO3/c1-15(2,9-14(18)20-4)8-13(17)11-6-5-10(19-3)7-12(11)16/h5-7,13H,8-9,17H2,1-4H3. The number of halogens is 1. The summed E-state index contributed by atoms with van der Waals surface area (Å²) in [7, 11) is 3.03. The van der Waals surface area contributed by atoms with Crippen molar-refractivity contribution in [2.24, 2.45) is 11.1 Å². The molecular weight excluding hydrogens is 322 g/mol. The largest absolute Gasteiger partial charge is 0.497 e. The average molecular weight is 344 g/mol. The predicted molar refractivity (Wildman–Crippen MR) is 82.7 cm³/mol. The van der Waals surface area contributed by atoms with Crippen LogP contribution in [-0.2, 0) is 9.53 Å². The molecule has 1 rings (SSSR count). The van der Waals surface area contributed by atoms with Crippen LogP contribution in [0.3, 0.4) is 0 Å². The van der Waals surface area contributed by atoms with Crippen LogP contribution in [0.25, 0.3) is 0 Å². The Balaban J connectivity index is 2.80. The second-order valence-corrected chi connectivity index (χ2v) is 6.47. The van der Waals surface area contributed by atoms with Gasteiger partial charge in [-0.25, -0.2) is 0 Å². The van der Waals surface area contributed by atoms with Crippen molar-refractivity contribution in [1.29, 1.82) is 0 Å². The fourth-order valence-corrected chi connectivity index (χ4v) is 2.83. The Kier molecular flexibility index (Phi) is 6.02. The van der Waals surface area contributed by atoms with Gasteiger partial charge in [0.1, 0.15) is 5.75 Å². The molecular formula is C15H22BrNO3. The van der Waals surface area contributed by atoms with E-state index >= 15 is 0 Å². The smallest absolute Gasteiger partial charge is 0.306 e. The summed E-state index contributed by atoms with van der Waals surface area (Å²) >= 11 is 3.51. The molecule has 4 nitrogen and oxygen atoms in total. The molecule has 0 amide bonds. The number of ether oxygens (including phenoxy) is 2. The normalized spacial score (nSPS) is 12.9. The Morgan fingerprint density at radius 1 is 1.40 bits per heavy atom. The molecule has 1 unspecified atom stereocenters. The van der Waals surface area contributed by atoms with Crippen LogP contribution in [0, 0.1) is 5.41 Å². The number of hydrogen-bond donors (Lipinski definition) is 1. The Labute approximate surface area is 128 Å². The molecule has 0 saturated heterocycles. The van der Waals surface area contributed by atoms with Gasteiger partial charge in [-0.05, 0) is 29.5 Å². The van der Waals surface area contributed by atoms with Crippen LogP contribution in [0.1, 0.15) is 38.3 Å². The zero-order chi connectivity index (χ0) is 15.3. The number of carbonyl (C=O) groups is 1. The Bertz CT molecular complexity index is 474. The van der Waals surface area contributed by atoms with Crippen LogP contribution in [0.2, 0.25) is 0 Å². The topological polar surface area (TPSA) is 61.5 Å². The van der Waals surface area contributed by atoms with Crippen molar-refractivity contribution in [2.45, 2.75) is 32.7 Å². The molecule has 0 fully saturated rings. The maximum atomic E-state index is 11.4. The molecule has 0 saturated carbocycles. The molecule has 0 bridgehead atoms. The van der Waals surface area contributed by atoms with Gasteiger partial charge in [-0.1, -0.05) is 35.8 Å². The van der Waals surface area contributed by atoms with Gasteiger partial charge in [0.25, 0.3) is 0 Å². The van der Waals surface area contributed by atoms with Crippen LogP contribution in [0.4, 0.5) is 0 Å². The third-order valence-electron chi connectivity index (χ3n) is 3.23. The molecule has 5 heteroatoms. The molecule has 0 heterocycles. The molecule has 0 spiro atoms. The molecule has 1 aromatic carbocycles. The highest BCUT2D eigenvalue weighted by molar-refractivity contribution is 9.10. The van der Waals surface area contributed by atoms with E-state index in [0.29, 0.717) is 12.8 Å². The number of carbonyl (C=O) groups excluding carboxylic acids is 1. The quantitative estimate of drug-likeness (QED) is 0.803. The Hall–Kier alpha value is -1.07. The SMILES string of the molecule is COC(=O)CC(C)(C)CC(N)c1ccc(OC)cc1Br. The van der Waals surface area contributed by atoms with Gasteiger partial charge in [-0.15, -0.1) is 0 Å². The molecule has 112 valence electrons. The minimum Gasteiger partial charge on any atom is -0.497 e. The van der Waals surface area contributed by atoms with Gasteiger partial charge in [0.05, 0.1) is 20.6 Å². The molecule has 0 aromatic heterocycles. The van der Waals surface area contributed by atoms with E-state index in [0.717, 1.165) is 15.8 Å². The molecule has 0 aliphatic heterocycles. The molecule has 0 radical (unpaired) electrons. The van der Waals surface area contributed by atoms with Crippen molar-refractivity contribution < 1.29 is 14.3 Å². The van der Waals surface area contributed by atoms with E-state index in [9.17, 15) is 4.79 Å². The first-order chi connectivity index (χ1) is 9.29. The maximum Gasteiger partial charge on any atom is 0.306 e. The van der Waals surface area contributed by atoms with Gasteiger partial charge in [0.2, 0.25) is 0 Å². The van der Waals surface area contributed by atoms with Gasteiger partial charge in [-0.2, -0.15) is 0 Å². The fourth-order valence-electron chi connectivity index (χ4n) is 2.18. The minimum absolute atomic E-state index is 0.157. The van der Waals surface area contributed by atoms with Crippen molar-refractivity contribution in [3.63, 3.8) is 0 Å². The van der Waals surface area contributed by atoms with Crippen LogP contribution < -0.4 is 10.5 Å². The van der Waals surface area contributed by atoms with E-state index in [1.165, 1.54) is 7.11 Å². The van der Waals surface area contributed by atoms with Gasteiger partial charge < -0.3 is 15.2 Å². The van der Waals surface area contributed by atoms with Crippen molar-refractivity contribution in [1.82, 2.24) is 0 Å². The summed E-state index contributed by atoms with van der Waals surface area (Å²) in [5.41, 5.74) is 7.05. The van der Waals surface area contributed by atoms with Crippen LogP contribution >= 0.6 is 15.9 Å². The van der Waals surface area contributed by atoms with E-state index in [-0.39, 0.29) is 17.4 Å². The molecule has 0 aliphatic rings. The van der Waals surface area contributed by atoms with Crippen LogP contribution in [0.5, 0.6) is 5.75 Å². The zero-order valence-corrected chi connectivity index (χ0v) is 14.0. The maximum absolute atomic E-state index is 11.4. The monoisotopic (exact) mass is 343 g/mol. The van der Waals surface area contributed by atoms with Gasteiger partial charge in [0.15, 0.2) is 0 Å². The van der Waals surface area contributed by atoms with E-state index in [4.69, 9.17) is 15.2 Å². The van der Waals surface area contributed by atoms with E-state index in [2.05, 4.69) is 15.9 Å².